The highest BCUT2D eigenvalue weighted by molar-refractivity contribution is 7.22. The Morgan fingerprint density at radius 2 is 2.00 bits per heavy atom. The lowest BCUT2D eigenvalue weighted by Crippen LogP contribution is -2.27. The summed E-state index contributed by atoms with van der Waals surface area (Å²) >= 11 is 7.11. The molecule has 1 aliphatic rings. The quantitative estimate of drug-likeness (QED) is 0.645. The van der Waals surface area contributed by atoms with Crippen molar-refractivity contribution < 1.29 is 18.0 Å². The van der Waals surface area contributed by atoms with Gasteiger partial charge in [0.25, 0.3) is 5.56 Å². The lowest BCUT2D eigenvalue weighted by molar-refractivity contribution is -0.137. The number of nitrogens with one attached hydrogen (secondary N) is 1. The Morgan fingerprint density at radius 3 is 2.70 bits per heavy atom. The van der Waals surface area contributed by atoms with E-state index in [1.165, 1.54) is 17.7 Å². The van der Waals surface area contributed by atoms with Crippen molar-refractivity contribution >= 4 is 50.0 Å². The Balaban J connectivity index is 1.55. The summed E-state index contributed by atoms with van der Waals surface area (Å²) < 4.78 is 40.1. The summed E-state index contributed by atoms with van der Waals surface area (Å²) in [6.07, 6.45) is -1.25. The first kappa shape index (κ1) is 20.6. The molecule has 1 aromatic carbocycles. The number of amides is 1. The Kier molecular flexibility index (Phi) is 5.41. The van der Waals surface area contributed by atoms with Crippen LogP contribution in [-0.4, -0.2) is 33.5 Å². The molecule has 0 radical (unpaired) electrons. The molecule has 7 nitrogen and oxygen atoms in total. The van der Waals surface area contributed by atoms with Gasteiger partial charge in [-0.25, -0.2) is 4.98 Å². The van der Waals surface area contributed by atoms with Crippen molar-refractivity contribution in [2.75, 3.05) is 23.3 Å². The van der Waals surface area contributed by atoms with Crippen molar-refractivity contribution in [1.29, 1.82) is 0 Å². The molecule has 3 heterocycles. The van der Waals surface area contributed by atoms with Crippen LogP contribution in [0.15, 0.2) is 29.3 Å². The second-order valence-electron chi connectivity index (χ2n) is 6.76. The highest BCUT2D eigenvalue weighted by Crippen LogP contribution is 2.34. The summed E-state index contributed by atoms with van der Waals surface area (Å²) in [5.41, 5.74) is -1.26. The molecule has 0 bridgehead atoms. The summed E-state index contributed by atoms with van der Waals surface area (Å²) in [5.74, 6) is -0.705. The van der Waals surface area contributed by atoms with E-state index in [2.05, 4.69) is 20.2 Å². The average Bonchev–Trinajstić information content (AvgIpc) is 3.34. The molecule has 0 atom stereocenters. The number of alkyl halides is 3. The molecular formula is C18H15ClF3N5O2S. The molecule has 2 aromatic heterocycles. The van der Waals surface area contributed by atoms with E-state index in [9.17, 15) is 22.8 Å². The van der Waals surface area contributed by atoms with Gasteiger partial charge in [-0.1, -0.05) is 22.9 Å². The molecule has 1 saturated heterocycles. The zero-order valence-electron chi connectivity index (χ0n) is 15.4. The fraction of sp³-hybridized carbons (Fsp3) is 0.333. The molecule has 12 heteroatoms. The van der Waals surface area contributed by atoms with Crippen LogP contribution in [0.3, 0.4) is 0 Å². The van der Waals surface area contributed by atoms with E-state index in [1.54, 1.807) is 0 Å². The number of halogens is 4. The van der Waals surface area contributed by atoms with Gasteiger partial charge in [0.1, 0.15) is 17.6 Å². The first-order chi connectivity index (χ1) is 14.2. The number of fused-ring (bicyclic) bond motifs is 1. The number of rotatable bonds is 4. The van der Waals surface area contributed by atoms with Gasteiger partial charge < -0.3 is 10.2 Å². The number of hydrogen-bond acceptors (Lipinski definition) is 6. The minimum atomic E-state index is -4.57. The van der Waals surface area contributed by atoms with Gasteiger partial charge in [-0.15, -0.1) is 0 Å². The maximum atomic E-state index is 12.9. The molecule has 4 rings (SSSR count). The van der Waals surface area contributed by atoms with Crippen LogP contribution in [0.1, 0.15) is 18.4 Å². The van der Waals surface area contributed by atoms with Gasteiger partial charge in [-0.2, -0.15) is 18.2 Å². The standard InChI is InChI=1S/C18H15ClF3N5O2S/c19-11-4-3-10(18(20,21)22)7-12(11)24-13(28)8-27-9-23-15-14(16(27)29)30-17(25-15)26-5-1-2-6-26/h3-4,7,9H,1-2,5-6,8H2,(H,24,28). The second-order valence-corrected chi connectivity index (χ2v) is 8.15. The van der Waals surface area contributed by atoms with Crippen molar-refractivity contribution in [1.82, 2.24) is 14.5 Å². The number of benzene rings is 1. The topological polar surface area (TPSA) is 80.1 Å². The highest BCUT2D eigenvalue weighted by Gasteiger charge is 2.31. The molecule has 3 aromatic rings. The van der Waals surface area contributed by atoms with Crippen molar-refractivity contribution in [2.24, 2.45) is 0 Å². The van der Waals surface area contributed by atoms with Crippen LogP contribution < -0.4 is 15.8 Å². The zero-order valence-corrected chi connectivity index (χ0v) is 16.9. The highest BCUT2D eigenvalue weighted by atomic mass is 35.5. The van der Waals surface area contributed by atoms with Crippen molar-refractivity contribution in [3.63, 3.8) is 0 Å². The predicted molar refractivity (Wildman–Crippen MR) is 108 cm³/mol. The molecular weight excluding hydrogens is 443 g/mol. The fourth-order valence-electron chi connectivity index (χ4n) is 3.13. The van der Waals surface area contributed by atoms with Crippen molar-refractivity contribution in [2.45, 2.75) is 25.6 Å². The number of carbonyl (C=O) groups is 1. The normalized spacial score (nSPS) is 14.5. The molecule has 158 valence electrons. The monoisotopic (exact) mass is 457 g/mol. The predicted octanol–water partition coefficient (Wildman–Crippen LogP) is 3.76. The largest absolute Gasteiger partial charge is 0.416 e. The van der Waals surface area contributed by atoms with Crippen LogP contribution in [-0.2, 0) is 17.5 Å². The number of aromatic nitrogens is 3. The first-order valence-electron chi connectivity index (χ1n) is 9.00. The third kappa shape index (κ3) is 4.12. The minimum absolute atomic E-state index is 0.0463. The molecule has 0 unspecified atom stereocenters. The van der Waals surface area contributed by atoms with Gasteiger partial charge in [0.2, 0.25) is 5.91 Å². The number of anilines is 2. The maximum absolute atomic E-state index is 12.9. The Hall–Kier alpha value is -2.66. The molecule has 0 aliphatic carbocycles. The molecule has 1 amide bonds. The fourth-order valence-corrected chi connectivity index (χ4v) is 4.32. The van der Waals surface area contributed by atoms with Gasteiger partial charge >= 0.3 is 6.18 Å². The molecule has 0 saturated carbocycles. The average molecular weight is 458 g/mol. The lowest BCUT2D eigenvalue weighted by Gasteiger charge is -2.12. The third-order valence-corrected chi connectivity index (χ3v) is 6.05. The zero-order chi connectivity index (χ0) is 21.5. The lowest BCUT2D eigenvalue weighted by atomic mass is 10.2. The van der Waals surface area contributed by atoms with E-state index in [-0.39, 0.29) is 10.7 Å². The van der Waals surface area contributed by atoms with Gasteiger partial charge in [0, 0.05) is 13.1 Å². The Morgan fingerprint density at radius 1 is 1.27 bits per heavy atom. The van der Waals surface area contributed by atoms with E-state index in [4.69, 9.17) is 11.6 Å². The van der Waals surface area contributed by atoms with Crippen LogP contribution in [0.25, 0.3) is 10.3 Å². The number of carbonyl (C=O) groups excluding carboxylic acids is 1. The minimum Gasteiger partial charge on any atom is -0.348 e. The molecule has 1 fully saturated rings. The van der Waals surface area contributed by atoms with Crippen LogP contribution in [0.5, 0.6) is 0 Å². The number of hydrogen-bond donors (Lipinski definition) is 1. The van der Waals surface area contributed by atoms with Gasteiger partial charge in [0.15, 0.2) is 10.8 Å². The number of thiazole rings is 1. The SMILES string of the molecule is O=C(Cn1cnc2nc(N3CCCC3)sc2c1=O)Nc1cc(C(F)(F)F)ccc1Cl. The Bertz CT molecular complexity index is 1170. The summed E-state index contributed by atoms with van der Waals surface area (Å²) in [4.78, 5) is 35.7. The molecule has 0 spiro atoms. The Labute approximate surface area is 177 Å². The maximum Gasteiger partial charge on any atom is 0.416 e. The van der Waals surface area contributed by atoms with E-state index in [0.29, 0.717) is 15.5 Å². The summed E-state index contributed by atoms with van der Waals surface area (Å²) in [6.45, 7) is 1.31. The van der Waals surface area contributed by atoms with Crippen molar-refractivity contribution in [3.8, 4) is 0 Å². The van der Waals surface area contributed by atoms with E-state index in [0.717, 1.165) is 48.7 Å². The van der Waals surface area contributed by atoms with Gasteiger partial charge in [-0.05, 0) is 31.0 Å². The third-order valence-electron chi connectivity index (χ3n) is 4.63. The summed E-state index contributed by atoms with van der Waals surface area (Å²) in [5, 5.41) is 2.98. The van der Waals surface area contributed by atoms with E-state index >= 15 is 0 Å². The van der Waals surface area contributed by atoms with Gasteiger partial charge in [-0.3, -0.25) is 14.2 Å². The number of nitrogens with zero attached hydrogens (tertiary/aromatic N) is 4. The molecule has 30 heavy (non-hydrogen) atoms. The second kappa shape index (κ2) is 7.88. The first-order valence-corrected chi connectivity index (χ1v) is 10.2. The molecule has 1 N–H and O–H groups in total. The smallest absolute Gasteiger partial charge is 0.348 e. The van der Waals surface area contributed by atoms with E-state index < -0.39 is 29.8 Å². The van der Waals surface area contributed by atoms with E-state index in [1.807, 2.05) is 0 Å². The summed E-state index contributed by atoms with van der Waals surface area (Å²) in [7, 11) is 0. The van der Waals surface area contributed by atoms with Crippen LogP contribution in [0.4, 0.5) is 24.0 Å². The van der Waals surface area contributed by atoms with Crippen LogP contribution in [0.2, 0.25) is 5.02 Å². The van der Waals surface area contributed by atoms with Crippen LogP contribution in [0, 0.1) is 0 Å². The van der Waals surface area contributed by atoms with Crippen LogP contribution >= 0.6 is 22.9 Å². The summed E-state index contributed by atoms with van der Waals surface area (Å²) in [6, 6.07) is 2.62. The van der Waals surface area contributed by atoms with Gasteiger partial charge in [0.05, 0.1) is 16.3 Å². The molecule has 1 aliphatic heterocycles. The van der Waals surface area contributed by atoms with Crippen molar-refractivity contribution in [3.05, 3.63) is 45.5 Å².